The molecule has 0 atom stereocenters. The smallest absolute Gasteiger partial charge is 0.0300 e. The van der Waals surface area contributed by atoms with Crippen LogP contribution in [-0.4, -0.2) is 31.1 Å². The summed E-state index contributed by atoms with van der Waals surface area (Å²) in [7, 11) is 2.22. The Kier molecular flexibility index (Phi) is 7.35. The van der Waals surface area contributed by atoms with E-state index in [4.69, 9.17) is 0 Å². The monoisotopic (exact) mass is 318 g/mol. The summed E-state index contributed by atoms with van der Waals surface area (Å²) in [5.74, 6) is 0. The molecule has 0 aliphatic carbocycles. The lowest BCUT2D eigenvalue weighted by molar-refractivity contribution is 0.230. The van der Waals surface area contributed by atoms with Crippen molar-refractivity contribution in [2.75, 3.05) is 20.1 Å². The second-order valence-corrected chi connectivity index (χ2v) is 6.27. The molecule has 0 radical (unpaired) electrons. The van der Waals surface area contributed by atoms with Gasteiger partial charge in [0, 0.05) is 40.4 Å². The lowest BCUT2D eigenvalue weighted by Gasteiger charge is -2.25. The molecule has 1 aromatic heterocycles. The molecule has 0 aromatic carbocycles. The van der Waals surface area contributed by atoms with Gasteiger partial charge in [0.15, 0.2) is 0 Å². The van der Waals surface area contributed by atoms with Gasteiger partial charge in [0.25, 0.3) is 0 Å². The molecule has 0 saturated carbocycles. The molecule has 0 amide bonds. The van der Waals surface area contributed by atoms with Crippen molar-refractivity contribution in [1.82, 2.24) is 10.2 Å². The first-order valence-corrected chi connectivity index (χ1v) is 7.98. The van der Waals surface area contributed by atoms with Crippen LogP contribution >= 0.6 is 27.3 Å². The molecule has 0 aliphatic heterocycles. The molecule has 4 heteroatoms. The minimum Gasteiger partial charge on any atom is -0.311 e. The third-order valence-corrected chi connectivity index (χ3v) is 4.83. The van der Waals surface area contributed by atoms with E-state index in [1.165, 1.54) is 22.2 Å². The average molecular weight is 319 g/mol. The zero-order chi connectivity index (χ0) is 12.7. The zero-order valence-corrected chi connectivity index (χ0v) is 13.4. The summed E-state index contributed by atoms with van der Waals surface area (Å²) in [5.41, 5.74) is 0. The summed E-state index contributed by atoms with van der Waals surface area (Å²) in [4.78, 5) is 3.85. The lowest BCUT2D eigenvalue weighted by Crippen LogP contribution is -2.36. The molecule has 17 heavy (non-hydrogen) atoms. The second kappa shape index (κ2) is 8.25. The highest BCUT2D eigenvalue weighted by atomic mass is 79.9. The summed E-state index contributed by atoms with van der Waals surface area (Å²) < 4.78 is 1.19. The number of nitrogens with one attached hydrogen (secondary N) is 1. The predicted octanol–water partition coefficient (Wildman–Crippen LogP) is 3.72. The lowest BCUT2D eigenvalue weighted by atomic mass is 10.1. The van der Waals surface area contributed by atoms with E-state index in [1.54, 1.807) is 11.3 Å². The molecular formula is C13H23BrN2S. The van der Waals surface area contributed by atoms with Crippen LogP contribution in [0.15, 0.2) is 15.9 Å². The number of hydrogen-bond acceptors (Lipinski definition) is 3. The molecule has 0 saturated heterocycles. The number of rotatable bonds is 8. The van der Waals surface area contributed by atoms with Crippen molar-refractivity contribution in [1.29, 1.82) is 0 Å². The number of hydrogen-bond donors (Lipinski definition) is 1. The van der Waals surface area contributed by atoms with Crippen LogP contribution < -0.4 is 5.32 Å². The van der Waals surface area contributed by atoms with Crippen LogP contribution in [0.2, 0.25) is 0 Å². The van der Waals surface area contributed by atoms with E-state index in [2.05, 4.69) is 58.5 Å². The van der Waals surface area contributed by atoms with Crippen molar-refractivity contribution in [3.63, 3.8) is 0 Å². The van der Waals surface area contributed by atoms with Crippen LogP contribution in [-0.2, 0) is 6.54 Å². The van der Waals surface area contributed by atoms with Gasteiger partial charge in [0.2, 0.25) is 0 Å². The predicted molar refractivity (Wildman–Crippen MR) is 80.7 cm³/mol. The first-order valence-electron chi connectivity index (χ1n) is 6.31. The highest BCUT2D eigenvalue weighted by molar-refractivity contribution is 9.10. The SMILES string of the molecule is CCC(CC)N(C)CCNCc1cc(Br)cs1. The van der Waals surface area contributed by atoms with E-state index in [-0.39, 0.29) is 0 Å². The van der Waals surface area contributed by atoms with Crippen molar-refractivity contribution in [2.45, 2.75) is 39.3 Å². The van der Waals surface area contributed by atoms with Gasteiger partial charge in [-0.3, -0.25) is 0 Å². The van der Waals surface area contributed by atoms with E-state index >= 15 is 0 Å². The Labute approximate surface area is 118 Å². The fourth-order valence-corrected chi connectivity index (χ4v) is 3.43. The van der Waals surface area contributed by atoms with Crippen molar-refractivity contribution >= 4 is 27.3 Å². The van der Waals surface area contributed by atoms with Gasteiger partial charge in [-0.05, 0) is 41.9 Å². The van der Waals surface area contributed by atoms with E-state index in [0.717, 1.165) is 25.7 Å². The van der Waals surface area contributed by atoms with Crippen LogP contribution in [0.1, 0.15) is 31.6 Å². The van der Waals surface area contributed by atoms with Gasteiger partial charge >= 0.3 is 0 Å². The molecule has 0 spiro atoms. The maximum atomic E-state index is 3.50. The largest absolute Gasteiger partial charge is 0.311 e. The molecule has 2 nitrogen and oxygen atoms in total. The Bertz CT molecular complexity index is 310. The number of likely N-dealkylation sites (N-methyl/N-ethyl adjacent to an activating group) is 1. The van der Waals surface area contributed by atoms with E-state index < -0.39 is 0 Å². The van der Waals surface area contributed by atoms with Crippen LogP contribution in [0, 0.1) is 0 Å². The summed E-state index contributed by atoms with van der Waals surface area (Å²) in [6, 6.07) is 2.91. The normalized spacial score (nSPS) is 11.6. The molecule has 1 N–H and O–H groups in total. The van der Waals surface area contributed by atoms with Gasteiger partial charge in [-0.2, -0.15) is 0 Å². The first-order chi connectivity index (χ1) is 8.17. The molecule has 0 aliphatic rings. The average Bonchev–Trinajstić information content (AvgIpc) is 2.72. The van der Waals surface area contributed by atoms with Gasteiger partial charge < -0.3 is 10.2 Å². The van der Waals surface area contributed by atoms with Crippen LogP contribution in [0.5, 0.6) is 0 Å². The Hall–Kier alpha value is 0.1000. The van der Waals surface area contributed by atoms with Crippen molar-refractivity contribution in [2.24, 2.45) is 0 Å². The van der Waals surface area contributed by atoms with Crippen LogP contribution in [0.3, 0.4) is 0 Å². The van der Waals surface area contributed by atoms with Crippen molar-refractivity contribution in [3.05, 3.63) is 20.8 Å². The summed E-state index contributed by atoms with van der Waals surface area (Å²) >= 11 is 5.28. The van der Waals surface area contributed by atoms with E-state index in [0.29, 0.717) is 0 Å². The van der Waals surface area contributed by atoms with Crippen LogP contribution in [0.25, 0.3) is 0 Å². The topological polar surface area (TPSA) is 15.3 Å². The minimum atomic E-state index is 0.729. The van der Waals surface area contributed by atoms with Crippen molar-refractivity contribution in [3.8, 4) is 0 Å². The maximum absolute atomic E-state index is 3.50. The van der Waals surface area contributed by atoms with Crippen molar-refractivity contribution < 1.29 is 0 Å². The highest BCUT2D eigenvalue weighted by Crippen LogP contribution is 2.19. The minimum absolute atomic E-state index is 0.729. The highest BCUT2D eigenvalue weighted by Gasteiger charge is 2.09. The zero-order valence-electron chi connectivity index (χ0n) is 11.0. The van der Waals surface area contributed by atoms with Gasteiger partial charge in [-0.15, -0.1) is 11.3 Å². The second-order valence-electron chi connectivity index (χ2n) is 4.36. The van der Waals surface area contributed by atoms with Gasteiger partial charge in [-0.1, -0.05) is 13.8 Å². The van der Waals surface area contributed by atoms with Crippen LogP contribution in [0.4, 0.5) is 0 Å². The summed E-state index contributed by atoms with van der Waals surface area (Å²) in [6.45, 7) is 7.69. The summed E-state index contributed by atoms with van der Waals surface area (Å²) in [6.07, 6.45) is 2.48. The molecule has 0 fully saturated rings. The molecule has 0 bridgehead atoms. The van der Waals surface area contributed by atoms with Gasteiger partial charge in [-0.25, -0.2) is 0 Å². The number of thiophene rings is 1. The third-order valence-electron chi connectivity index (χ3n) is 3.13. The standard InChI is InChI=1S/C13H23BrN2S/c1-4-12(5-2)16(3)7-6-15-9-13-8-11(14)10-17-13/h8,10,12,15H,4-7,9H2,1-3H3. The van der Waals surface area contributed by atoms with E-state index in [1.807, 2.05) is 0 Å². The number of nitrogens with zero attached hydrogens (tertiary/aromatic N) is 1. The van der Waals surface area contributed by atoms with Gasteiger partial charge in [0.1, 0.15) is 0 Å². The fraction of sp³-hybridized carbons (Fsp3) is 0.692. The molecular weight excluding hydrogens is 296 g/mol. The number of halogens is 1. The molecule has 98 valence electrons. The Morgan fingerprint density at radius 2 is 2.12 bits per heavy atom. The molecule has 0 unspecified atom stereocenters. The Morgan fingerprint density at radius 1 is 1.41 bits per heavy atom. The molecule has 1 aromatic rings. The van der Waals surface area contributed by atoms with Gasteiger partial charge in [0.05, 0.1) is 0 Å². The summed E-state index contributed by atoms with van der Waals surface area (Å²) in [5, 5.41) is 5.63. The Balaban J connectivity index is 2.15. The maximum Gasteiger partial charge on any atom is 0.0300 e. The van der Waals surface area contributed by atoms with E-state index in [9.17, 15) is 0 Å². The first kappa shape index (κ1) is 15.2. The fourth-order valence-electron chi connectivity index (χ4n) is 2.01. The third kappa shape index (κ3) is 5.51. The quantitative estimate of drug-likeness (QED) is 0.735. The molecule has 1 heterocycles. The molecule has 1 rings (SSSR count). The Morgan fingerprint density at radius 3 is 2.65 bits per heavy atom.